The van der Waals surface area contributed by atoms with Gasteiger partial charge in [-0.3, -0.25) is 5.84 Å². The van der Waals surface area contributed by atoms with Gasteiger partial charge in [0.25, 0.3) is 0 Å². The lowest BCUT2D eigenvalue weighted by molar-refractivity contribution is 0.267. The summed E-state index contributed by atoms with van der Waals surface area (Å²) in [4.78, 5) is 0. The minimum atomic E-state index is -0.671. The number of rotatable bonds is 4. The SMILES string of the molecule is C=C(O)C(C)(Cc1ccc(C)cc1)NN. The minimum absolute atomic E-state index is 0.0468. The van der Waals surface area contributed by atoms with E-state index in [0.717, 1.165) is 5.56 Å². The zero-order valence-corrected chi connectivity index (χ0v) is 9.25. The maximum absolute atomic E-state index is 9.45. The first kappa shape index (κ1) is 11.8. The normalized spacial score (nSPS) is 14.6. The second-order valence-electron chi connectivity index (χ2n) is 4.09. The van der Waals surface area contributed by atoms with Crippen molar-refractivity contribution in [3.63, 3.8) is 0 Å². The van der Waals surface area contributed by atoms with E-state index >= 15 is 0 Å². The number of hydrogen-bond donors (Lipinski definition) is 3. The molecule has 82 valence electrons. The molecule has 1 atom stereocenters. The Labute approximate surface area is 90.6 Å². The van der Waals surface area contributed by atoms with Gasteiger partial charge in [-0.25, -0.2) is 5.43 Å². The minimum Gasteiger partial charge on any atom is -0.511 e. The van der Waals surface area contributed by atoms with Crippen LogP contribution in [0.15, 0.2) is 36.6 Å². The summed E-state index contributed by atoms with van der Waals surface area (Å²) in [7, 11) is 0. The second kappa shape index (κ2) is 4.47. The molecule has 0 bridgehead atoms. The summed E-state index contributed by atoms with van der Waals surface area (Å²) in [6.45, 7) is 7.38. The van der Waals surface area contributed by atoms with E-state index in [-0.39, 0.29) is 5.76 Å². The molecule has 0 spiro atoms. The molecule has 0 saturated heterocycles. The quantitative estimate of drug-likeness (QED) is 0.400. The number of hydrogen-bond acceptors (Lipinski definition) is 3. The van der Waals surface area contributed by atoms with Crippen molar-refractivity contribution < 1.29 is 5.11 Å². The van der Waals surface area contributed by atoms with Gasteiger partial charge in [0.15, 0.2) is 0 Å². The largest absolute Gasteiger partial charge is 0.511 e. The molecule has 0 aliphatic carbocycles. The van der Waals surface area contributed by atoms with Gasteiger partial charge in [-0.05, 0) is 25.8 Å². The van der Waals surface area contributed by atoms with Gasteiger partial charge in [-0.15, -0.1) is 0 Å². The van der Waals surface area contributed by atoms with Crippen molar-refractivity contribution in [3.05, 3.63) is 47.7 Å². The number of nitrogens with two attached hydrogens (primary N) is 1. The number of hydrazine groups is 1. The number of aliphatic hydroxyl groups excluding tert-OH is 1. The lowest BCUT2D eigenvalue weighted by Gasteiger charge is -2.27. The predicted molar refractivity (Wildman–Crippen MR) is 62.4 cm³/mol. The number of aryl methyl sites for hydroxylation is 1. The van der Waals surface area contributed by atoms with Crippen LogP contribution in [0.4, 0.5) is 0 Å². The molecule has 3 nitrogen and oxygen atoms in total. The van der Waals surface area contributed by atoms with Crippen LogP contribution in [0.5, 0.6) is 0 Å². The van der Waals surface area contributed by atoms with E-state index in [1.165, 1.54) is 5.56 Å². The van der Waals surface area contributed by atoms with E-state index in [4.69, 9.17) is 5.84 Å². The highest BCUT2D eigenvalue weighted by atomic mass is 16.3. The standard InChI is InChI=1S/C12H18N2O/c1-9-4-6-11(7-5-9)8-12(3,14-13)10(2)15/h4-7,14-15H,2,8,13H2,1,3H3. The molecule has 0 heterocycles. The molecule has 0 aliphatic rings. The first-order valence-electron chi connectivity index (χ1n) is 4.89. The van der Waals surface area contributed by atoms with Gasteiger partial charge in [-0.2, -0.15) is 0 Å². The van der Waals surface area contributed by atoms with E-state index in [2.05, 4.69) is 12.0 Å². The van der Waals surface area contributed by atoms with Crippen LogP contribution in [-0.4, -0.2) is 10.6 Å². The lowest BCUT2D eigenvalue weighted by Crippen LogP contribution is -2.49. The summed E-state index contributed by atoms with van der Waals surface area (Å²) in [5.74, 6) is 5.46. The molecule has 1 unspecified atom stereocenters. The van der Waals surface area contributed by atoms with Gasteiger partial charge in [0, 0.05) is 0 Å². The maximum Gasteiger partial charge on any atom is 0.106 e. The lowest BCUT2D eigenvalue weighted by atomic mass is 9.91. The molecule has 0 fully saturated rings. The number of aliphatic hydroxyl groups is 1. The second-order valence-corrected chi connectivity index (χ2v) is 4.09. The molecule has 1 rings (SSSR count). The van der Waals surface area contributed by atoms with Gasteiger partial charge in [-0.1, -0.05) is 36.4 Å². The van der Waals surface area contributed by atoms with Crippen LogP contribution in [-0.2, 0) is 6.42 Å². The first-order chi connectivity index (χ1) is 6.98. The van der Waals surface area contributed by atoms with Gasteiger partial charge in [0.1, 0.15) is 5.76 Å². The van der Waals surface area contributed by atoms with E-state index in [1.807, 2.05) is 38.1 Å². The molecular formula is C12H18N2O. The van der Waals surface area contributed by atoms with Crippen molar-refractivity contribution in [2.45, 2.75) is 25.8 Å². The zero-order chi connectivity index (χ0) is 11.5. The Morgan fingerprint density at radius 2 is 2.00 bits per heavy atom. The Morgan fingerprint density at radius 1 is 1.47 bits per heavy atom. The fraction of sp³-hybridized carbons (Fsp3) is 0.333. The van der Waals surface area contributed by atoms with Gasteiger partial charge in [0.2, 0.25) is 0 Å². The summed E-state index contributed by atoms with van der Waals surface area (Å²) >= 11 is 0. The predicted octanol–water partition coefficient (Wildman–Crippen LogP) is 1.83. The van der Waals surface area contributed by atoms with Crippen molar-refractivity contribution >= 4 is 0 Å². The van der Waals surface area contributed by atoms with E-state index in [1.54, 1.807) is 0 Å². The molecule has 0 aliphatic heterocycles. The van der Waals surface area contributed by atoms with Gasteiger partial charge in [0.05, 0.1) is 5.54 Å². The van der Waals surface area contributed by atoms with Gasteiger partial charge < -0.3 is 5.11 Å². The molecule has 4 N–H and O–H groups in total. The smallest absolute Gasteiger partial charge is 0.106 e. The highest BCUT2D eigenvalue weighted by molar-refractivity contribution is 5.25. The molecule has 0 amide bonds. The van der Waals surface area contributed by atoms with E-state index < -0.39 is 5.54 Å². The molecule has 1 aromatic carbocycles. The molecule has 3 heteroatoms. The van der Waals surface area contributed by atoms with Crippen LogP contribution in [0.1, 0.15) is 18.1 Å². The van der Waals surface area contributed by atoms with Crippen molar-refractivity contribution in [1.82, 2.24) is 5.43 Å². The van der Waals surface area contributed by atoms with Crippen molar-refractivity contribution in [1.29, 1.82) is 0 Å². The fourth-order valence-electron chi connectivity index (χ4n) is 1.35. The highest BCUT2D eigenvalue weighted by Gasteiger charge is 2.26. The fourth-order valence-corrected chi connectivity index (χ4v) is 1.35. The summed E-state index contributed by atoms with van der Waals surface area (Å²) in [5.41, 5.74) is 4.24. The molecule has 15 heavy (non-hydrogen) atoms. The summed E-state index contributed by atoms with van der Waals surface area (Å²) in [6.07, 6.45) is 0.610. The Bertz CT molecular complexity index is 345. The van der Waals surface area contributed by atoms with Crippen molar-refractivity contribution in [2.24, 2.45) is 5.84 Å². The molecule has 0 radical (unpaired) electrons. The van der Waals surface area contributed by atoms with Crippen LogP contribution < -0.4 is 11.3 Å². The van der Waals surface area contributed by atoms with Crippen molar-refractivity contribution in [3.8, 4) is 0 Å². The third-order valence-corrected chi connectivity index (χ3v) is 2.63. The summed E-state index contributed by atoms with van der Waals surface area (Å²) < 4.78 is 0. The highest BCUT2D eigenvalue weighted by Crippen LogP contribution is 2.18. The molecule has 1 aromatic rings. The molecular weight excluding hydrogens is 188 g/mol. The third kappa shape index (κ3) is 2.81. The maximum atomic E-state index is 9.45. The Kier molecular flexibility index (Phi) is 3.50. The average Bonchev–Trinajstić information content (AvgIpc) is 2.21. The van der Waals surface area contributed by atoms with Crippen LogP contribution in [0.25, 0.3) is 0 Å². The Hall–Kier alpha value is -1.32. The van der Waals surface area contributed by atoms with Crippen LogP contribution >= 0.6 is 0 Å². The molecule has 0 saturated carbocycles. The monoisotopic (exact) mass is 206 g/mol. The summed E-state index contributed by atoms with van der Waals surface area (Å²) in [5, 5.41) is 9.45. The van der Waals surface area contributed by atoms with Crippen LogP contribution in [0.2, 0.25) is 0 Å². The first-order valence-corrected chi connectivity index (χ1v) is 4.89. The van der Waals surface area contributed by atoms with E-state index in [0.29, 0.717) is 6.42 Å². The Morgan fingerprint density at radius 3 is 2.40 bits per heavy atom. The topological polar surface area (TPSA) is 58.3 Å². The van der Waals surface area contributed by atoms with E-state index in [9.17, 15) is 5.11 Å². The summed E-state index contributed by atoms with van der Waals surface area (Å²) in [6, 6.07) is 8.11. The third-order valence-electron chi connectivity index (χ3n) is 2.63. The van der Waals surface area contributed by atoms with Crippen LogP contribution in [0, 0.1) is 6.92 Å². The van der Waals surface area contributed by atoms with Crippen molar-refractivity contribution in [2.75, 3.05) is 0 Å². The number of benzene rings is 1. The van der Waals surface area contributed by atoms with Crippen LogP contribution in [0.3, 0.4) is 0 Å². The average molecular weight is 206 g/mol. The zero-order valence-electron chi connectivity index (χ0n) is 9.25. The Balaban J connectivity index is 2.84. The van der Waals surface area contributed by atoms with Gasteiger partial charge >= 0.3 is 0 Å². The molecule has 0 aromatic heterocycles. The number of nitrogens with one attached hydrogen (secondary N) is 1.